The fraction of sp³-hybridized carbons (Fsp3) is 0.0625. The Morgan fingerprint density at radius 3 is 2.52 bits per heavy atom. The standard InChI is InChI=1S/C32H24F2N6O3S/c1-44(42,43)19-20-8-11-23(12-9-20)37-32-35-15-14-27(38-32)29-28-7-2-3-16-40(28)39-30(29)21-5-4-6-24(17-21)36-31(41)25-18-22(33)10-13-26(25)34/h2-18H,19H2,1H3,(H,36,41)(H,35,37,38). The quantitative estimate of drug-likeness (QED) is 0.208. The summed E-state index contributed by atoms with van der Waals surface area (Å²) in [5, 5.41) is 10.6. The zero-order valence-electron chi connectivity index (χ0n) is 23.2. The Hall–Kier alpha value is -5.49. The minimum atomic E-state index is -3.15. The predicted molar refractivity (Wildman–Crippen MR) is 164 cm³/mol. The molecule has 6 aromatic rings. The van der Waals surface area contributed by atoms with Gasteiger partial charge in [-0.3, -0.25) is 4.79 Å². The Balaban J connectivity index is 1.33. The number of fused-ring (bicyclic) bond motifs is 1. The largest absolute Gasteiger partial charge is 0.324 e. The van der Waals surface area contributed by atoms with Crippen molar-refractivity contribution in [3.05, 3.63) is 126 Å². The van der Waals surface area contributed by atoms with Crippen LogP contribution in [0.3, 0.4) is 0 Å². The number of sulfone groups is 1. The van der Waals surface area contributed by atoms with Crippen LogP contribution in [0.1, 0.15) is 15.9 Å². The van der Waals surface area contributed by atoms with Crippen molar-refractivity contribution in [1.29, 1.82) is 0 Å². The van der Waals surface area contributed by atoms with Gasteiger partial charge in [0.2, 0.25) is 5.95 Å². The van der Waals surface area contributed by atoms with Gasteiger partial charge in [0.05, 0.1) is 28.1 Å². The van der Waals surface area contributed by atoms with Crippen molar-refractivity contribution < 1.29 is 22.0 Å². The topological polar surface area (TPSA) is 118 Å². The van der Waals surface area contributed by atoms with Gasteiger partial charge in [-0.2, -0.15) is 5.10 Å². The van der Waals surface area contributed by atoms with Crippen LogP contribution >= 0.6 is 0 Å². The third-order valence-corrected chi connectivity index (χ3v) is 7.52. The monoisotopic (exact) mass is 610 g/mol. The van der Waals surface area contributed by atoms with Crippen molar-refractivity contribution in [3.63, 3.8) is 0 Å². The molecule has 0 fully saturated rings. The van der Waals surface area contributed by atoms with Crippen LogP contribution in [0.5, 0.6) is 0 Å². The van der Waals surface area contributed by atoms with Crippen LogP contribution in [0.15, 0.2) is 103 Å². The van der Waals surface area contributed by atoms with E-state index in [4.69, 9.17) is 10.1 Å². The van der Waals surface area contributed by atoms with Gasteiger partial charge in [0.25, 0.3) is 5.91 Å². The smallest absolute Gasteiger partial charge is 0.258 e. The molecule has 220 valence electrons. The highest BCUT2D eigenvalue weighted by Gasteiger charge is 2.19. The molecule has 9 nitrogen and oxygen atoms in total. The number of benzene rings is 3. The Labute approximate surface area is 251 Å². The molecule has 2 N–H and O–H groups in total. The molecule has 3 heterocycles. The van der Waals surface area contributed by atoms with Crippen molar-refractivity contribution >= 4 is 38.6 Å². The van der Waals surface area contributed by atoms with E-state index in [1.165, 1.54) is 6.26 Å². The van der Waals surface area contributed by atoms with Crippen molar-refractivity contribution in [2.75, 3.05) is 16.9 Å². The van der Waals surface area contributed by atoms with E-state index in [2.05, 4.69) is 15.6 Å². The van der Waals surface area contributed by atoms with Crippen LogP contribution < -0.4 is 10.6 Å². The summed E-state index contributed by atoms with van der Waals surface area (Å²) >= 11 is 0. The van der Waals surface area contributed by atoms with Crippen LogP contribution in [-0.4, -0.2) is 40.2 Å². The van der Waals surface area contributed by atoms with Crippen LogP contribution in [-0.2, 0) is 15.6 Å². The van der Waals surface area contributed by atoms with Gasteiger partial charge < -0.3 is 10.6 Å². The third kappa shape index (κ3) is 6.30. The molecule has 0 aliphatic carbocycles. The fourth-order valence-electron chi connectivity index (χ4n) is 4.74. The normalized spacial score (nSPS) is 11.4. The summed E-state index contributed by atoms with van der Waals surface area (Å²) in [5.74, 6) is -2.07. The SMILES string of the molecule is CS(=O)(=O)Cc1ccc(Nc2nccc(-c3c(-c4cccc(NC(=O)c5cc(F)ccc5F)c4)nn4ccccc34)n2)cc1. The van der Waals surface area contributed by atoms with E-state index in [1.54, 1.807) is 65.4 Å². The van der Waals surface area contributed by atoms with Gasteiger partial charge in [-0.15, -0.1) is 0 Å². The van der Waals surface area contributed by atoms with Gasteiger partial charge in [-0.05, 0) is 66.2 Å². The minimum absolute atomic E-state index is 0.0522. The van der Waals surface area contributed by atoms with E-state index < -0.39 is 32.9 Å². The Morgan fingerprint density at radius 1 is 0.909 bits per heavy atom. The van der Waals surface area contributed by atoms with Crippen molar-refractivity contribution in [2.45, 2.75) is 5.75 Å². The summed E-state index contributed by atoms with van der Waals surface area (Å²) < 4.78 is 52.8. The number of pyridine rings is 1. The summed E-state index contributed by atoms with van der Waals surface area (Å²) in [7, 11) is -3.15. The molecule has 0 unspecified atom stereocenters. The average molecular weight is 611 g/mol. The highest BCUT2D eigenvalue weighted by atomic mass is 32.2. The number of nitrogens with one attached hydrogen (secondary N) is 2. The molecule has 0 atom stereocenters. The lowest BCUT2D eigenvalue weighted by Gasteiger charge is -2.10. The molecular formula is C32H24F2N6O3S. The molecule has 6 rings (SSSR count). The van der Waals surface area contributed by atoms with Gasteiger partial charge in [0.15, 0.2) is 9.84 Å². The molecule has 44 heavy (non-hydrogen) atoms. The summed E-state index contributed by atoms with van der Waals surface area (Å²) in [6, 6.07) is 23.9. The summed E-state index contributed by atoms with van der Waals surface area (Å²) in [4.78, 5) is 21.8. The Kier molecular flexibility index (Phi) is 7.58. The van der Waals surface area contributed by atoms with E-state index in [1.807, 2.05) is 24.3 Å². The molecular weight excluding hydrogens is 586 g/mol. The van der Waals surface area contributed by atoms with Crippen LogP contribution in [0, 0.1) is 11.6 Å². The second-order valence-corrected chi connectivity index (χ2v) is 12.2. The van der Waals surface area contributed by atoms with E-state index in [0.29, 0.717) is 45.4 Å². The van der Waals surface area contributed by atoms with E-state index in [9.17, 15) is 22.0 Å². The van der Waals surface area contributed by atoms with Gasteiger partial charge in [0, 0.05) is 35.6 Å². The number of hydrogen-bond donors (Lipinski definition) is 2. The lowest BCUT2D eigenvalue weighted by molar-refractivity contribution is 0.102. The molecule has 0 spiro atoms. The maximum atomic E-state index is 14.2. The van der Waals surface area contributed by atoms with Crippen LogP contribution in [0.25, 0.3) is 28.0 Å². The predicted octanol–water partition coefficient (Wildman–Crippen LogP) is 6.28. The molecule has 12 heteroatoms. The van der Waals surface area contributed by atoms with Crippen LogP contribution in [0.2, 0.25) is 0 Å². The average Bonchev–Trinajstić information content (AvgIpc) is 3.39. The summed E-state index contributed by atoms with van der Waals surface area (Å²) in [5.41, 5.74) is 4.57. The Bertz CT molecular complexity index is 2130. The Morgan fingerprint density at radius 2 is 1.73 bits per heavy atom. The zero-order chi connectivity index (χ0) is 30.8. The first kappa shape index (κ1) is 28.6. The van der Waals surface area contributed by atoms with Gasteiger partial charge >= 0.3 is 0 Å². The van der Waals surface area contributed by atoms with E-state index in [0.717, 1.165) is 23.7 Å². The first-order chi connectivity index (χ1) is 21.1. The molecule has 0 bridgehead atoms. The van der Waals surface area contributed by atoms with Crippen molar-refractivity contribution in [2.24, 2.45) is 0 Å². The van der Waals surface area contributed by atoms with Crippen molar-refractivity contribution in [3.8, 4) is 22.5 Å². The molecule has 0 saturated carbocycles. The highest BCUT2D eigenvalue weighted by molar-refractivity contribution is 7.89. The molecule has 0 aliphatic heterocycles. The molecule has 0 aliphatic rings. The first-order valence-corrected chi connectivity index (χ1v) is 15.4. The van der Waals surface area contributed by atoms with Crippen molar-refractivity contribution in [1.82, 2.24) is 19.6 Å². The number of aromatic nitrogens is 4. The number of nitrogens with zero attached hydrogens (tertiary/aromatic N) is 4. The zero-order valence-corrected chi connectivity index (χ0v) is 24.0. The second-order valence-electron chi connectivity index (χ2n) is 10.1. The number of carbonyl (C=O) groups excluding carboxylic acids is 1. The summed E-state index contributed by atoms with van der Waals surface area (Å²) in [6.45, 7) is 0. The van der Waals surface area contributed by atoms with Crippen LogP contribution in [0.4, 0.5) is 26.1 Å². The van der Waals surface area contributed by atoms with Gasteiger partial charge in [-0.1, -0.05) is 30.3 Å². The van der Waals surface area contributed by atoms with Gasteiger partial charge in [0.1, 0.15) is 17.3 Å². The number of halogens is 2. The number of carbonyl (C=O) groups is 1. The third-order valence-electron chi connectivity index (χ3n) is 6.66. The number of rotatable bonds is 8. The fourth-order valence-corrected chi connectivity index (χ4v) is 5.54. The molecule has 3 aromatic heterocycles. The lowest BCUT2D eigenvalue weighted by atomic mass is 10.0. The number of amides is 1. The highest BCUT2D eigenvalue weighted by Crippen LogP contribution is 2.35. The molecule has 0 saturated heterocycles. The number of hydrogen-bond acceptors (Lipinski definition) is 7. The second kappa shape index (κ2) is 11.7. The molecule has 1 amide bonds. The van der Waals surface area contributed by atoms with Gasteiger partial charge in [-0.25, -0.2) is 31.7 Å². The van der Waals surface area contributed by atoms with E-state index >= 15 is 0 Å². The molecule has 3 aromatic carbocycles. The number of anilines is 3. The maximum absolute atomic E-state index is 14.2. The maximum Gasteiger partial charge on any atom is 0.258 e. The van der Waals surface area contributed by atoms with E-state index in [-0.39, 0.29) is 5.75 Å². The lowest BCUT2D eigenvalue weighted by Crippen LogP contribution is -2.14. The summed E-state index contributed by atoms with van der Waals surface area (Å²) in [6.07, 6.45) is 4.61. The first-order valence-electron chi connectivity index (χ1n) is 13.3. The molecule has 0 radical (unpaired) electrons. The minimum Gasteiger partial charge on any atom is -0.324 e.